The zero-order valence-corrected chi connectivity index (χ0v) is 9.48. The number of β-amino-alcohol motifs (C(OH)–C–C–N with tert-alkyl or cyclic N) is 1. The molecule has 0 saturated carbocycles. The molecule has 3 atom stereocenters. The molecule has 0 bridgehead atoms. The second kappa shape index (κ2) is 4.87. The molecule has 0 radical (unpaired) electrons. The van der Waals surface area contributed by atoms with Crippen LogP contribution in [0.1, 0.15) is 11.1 Å². The predicted octanol–water partition coefficient (Wildman–Crippen LogP) is 0.942. The highest BCUT2D eigenvalue weighted by Crippen LogP contribution is 2.29. The van der Waals surface area contributed by atoms with Gasteiger partial charge in [-0.3, -0.25) is 0 Å². The van der Waals surface area contributed by atoms with E-state index in [2.05, 4.69) is 5.32 Å². The molecule has 0 aromatic heterocycles. The van der Waals surface area contributed by atoms with Crippen LogP contribution >= 0.6 is 0 Å². The summed E-state index contributed by atoms with van der Waals surface area (Å²) in [5.74, 6) is 0. The van der Waals surface area contributed by atoms with Crippen LogP contribution in [0, 0.1) is 0 Å². The van der Waals surface area contributed by atoms with Crippen LogP contribution in [0.5, 0.6) is 0 Å². The van der Waals surface area contributed by atoms with Crippen LogP contribution in [-0.2, 0) is 12.6 Å². The molecule has 1 saturated heterocycles. The monoisotopic (exact) mass is 261 g/mol. The highest BCUT2D eigenvalue weighted by molar-refractivity contribution is 5.25. The number of hydrogen-bond acceptors (Lipinski definition) is 3. The second-order valence-corrected chi connectivity index (χ2v) is 4.47. The van der Waals surface area contributed by atoms with Crippen LogP contribution < -0.4 is 5.32 Å². The summed E-state index contributed by atoms with van der Waals surface area (Å²) in [6, 6.07) is 4.50. The predicted molar refractivity (Wildman–Crippen MR) is 59.0 cm³/mol. The van der Waals surface area contributed by atoms with Gasteiger partial charge in [-0.05, 0) is 24.1 Å². The van der Waals surface area contributed by atoms with E-state index in [4.69, 9.17) is 0 Å². The summed E-state index contributed by atoms with van der Waals surface area (Å²) in [7, 11) is 0. The lowest BCUT2D eigenvalue weighted by atomic mass is 10.0. The number of rotatable bonds is 2. The van der Waals surface area contributed by atoms with Crippen LogP contribution in [0.3, 0.4) is 0 Å². The van der Waals surface area contributed by atoms with Gasteiger partial charge in [0.15, 0.2) is 0 Å². The minimum Gasteiger partial charge on any atom is -0.389 e. The number of benzene rings is 1. The molecule has 0 aliphatic carbocycles. The summed E-state index contributed by atoms with van der Waals surface area (Å²) in [6.45, 7) is 0.298. The molecule has 2 rings (SSSR count). The zero-order valence-electron chi connectivity index (χ0n) is 9.48. The van der Waals surface area contributed by atoms with Crippen molar-refractivity contribution in [3.05, 3.63) is 35.4 Å². The van der Waals surface area contributed by atoms with E-state index in [-0.39, 0.29) is 6.04 Å². The lowest BCUT2D eigenvalue weighted by molar-refractivity contribution is -0.137. The maximum Gasteiger partial charge on any atom is 0.416 e. The Morgan fingerprint density at radius 1 is 1.17 bits per heavy atom. The molecular weight excluding hydrogens is 247 g/mol. The van der Waals surface area contributed by atoms with E-state index in [1.54, 1.807) is 0 Å². The molecule has 1 aliphatic heterocycles. The molecule has 18 heavy (non-hydrogen) atoms. The zero-order chi connectivity index (χ0) is 13.3. The SMILES string of the molecule is O[C@@H]1[C@@H](O)CN[C@@H]1Cc1ccc(C(F)(F)F)cc1. The first-order chi connectivity index (χ1) is 8.38. The smallest absolute Gasteiger partial charge is 0.389 e. The van der Waals surface area contributed by atoms with Crippen molar-refractivity contribution in [2.45, 2.75) is 30.8 Å². The molecule has 100 valence electrons. The number of hydrogen-bond donors (Lipinski definition) is 3. The Kier molecular flexibility index (Phi) is 3.61. The van der Waals surface area contributed by atoms with Gasteiger partial charge in [0.1, 0.15) is 0 Å². The minimum absolute atomic E-state index is 0.298. The van der Waals surface area contributed by atoms with E-state index in [1.165, 1.54) is 12.1 Å². The third-order valence-electron chi connectivity index (χ3n) is 3.13. The molecule has 1 aliphatic rings. The molecule has 1 aromatic rings. The van der Waals surface area contributed by atoms with Gasteiger partial charge < -0.3 is 15.5 Å². The number of alkyl halides is 3. The average molecular weight is 261 g/mol. The Morgan fingerprint density at radius 2 is 1.78 bits per heavy atom. The van der Waals surface area contributed by atoms with Gasteiger partial charge in [-0.25, -0.2) is 0 Å². The van der Waals surface area contributed by atoms with Crippen LogP contribution in [-0.4, -0.2) is 35.0 Å². The quantitative estimate of drug-likeness (QED) is 0.742. The van der Waals surface area contributed by atoms with Crippen LogP contribution in [0.15, 0.2) is 24.3 Å². The minimum atomic E-state index is -4.33. The Morgan fingerprint density at radius 3 is 2.22 bits per heavy atom. The summed E-state index contributed by atoms with van der Waals surface area (Å²) < 4.78 is 37.1. The van der Waals surface area contributed by atoms with Crippen molar-refractivity contribution in [1.29, 1.82) is 0 Å². The van der Waals surface area contributed by atoms with Crippen molar-refractivity contribution in [1.82, 2.24) is 5.32 Å². The number of aliphatic hydroxyl groups excluding tert-OH is 2. The molecule has 3 nitrogen and oxygen atoms in total. The Balaban J connectivity index is 2.03. The topological polar surface area (TPSA) is 52.5 Å². The van der Waals surface area contributed by atoms with Crippen LogP contribution in [0.2, 0.25) is 0 Å². The molecule has 1 fully saturated rings. The Bertz CT molecular complexity index is 405. The van der Waals surface area contributed by atoms with Crippen LogP contribution in [0.4, 0.5) is 13.2 Å². The van der Waals surface area contributed by atoms with Gasteiger partial charge in [-0.1, -0.05) is 12.1 Å². The van der Waals surface area contributed by atoms with Crippen molar-refractivity contribution >= 4 is 0 Å². The maximum absolute atomic E-state index is 12.4. The summed E-state index contributed by atoms with van der Waals surface area (Å²) in [4.78, 5) is 0. The number of nitrogens with one attached hydrogen (secondary N) is 1. The molecule has 6 heteroatoms. The summed E-state index contributed by atoms with van der Waals surface area (Å²) in [5, 5.41) is 21.9. The molecule has 0 amide bonds. The normalized spacial score (nSPS) is 28.6. The average Bonchev–Trinajstić information content (AvgIpc) is 2.61. The van der Waals surface area contributed by atoms with Gasteiger partial charge in [0.05, 0.1) is 17.8 Å². The lowest BCUT2D eigenvalue weighted by Crippen LogP contribution is -2.34. The fourth-order valence-electron chi connectivity index (χ4n) is 2.06. The molecule has 1 aromatic carbocycles. The standard InChI is InChI=1S/C12H14F3NO2/c13-12(14,15)8-3-1-7(2-4-8)5-9-11(18)10(17)6-16-9/h1-4,9-11,16-18H,5-6H2/t9-,10+,11+/m1/s1. The molecule has 0 unspecified atom stereocenters. The van der Waals surface area contributed by atoms with E-state index >= 15 is 0 Å². The molecular formula is C12H14F3NO2. The molecule has 3 N–H and O–H groups in total. The van der Waals surface area contributed by atoms with E-state index in [0.29, 0.717) is 18.5 Å². The van der Waals surface area contributed by atoms with Crippen molar-refractivity contribution < 1.29 is 23.4 Å². The van der Waals surface area contributed by atoms with Gasteiger partial charge in [0.25, 0.3) is 0 Å². The van der Waals surface area contributed by atoms with E-state index in [0.717, 1.165) is 12.1 Å². The Hall–Kier alpha value is -1.11. The highest BCUT2D eigenvalue weighted by Gasteiger charge is 2.33. The van der Waals surface area contributed by atoms with Crippen molar-refractivity contribution in [2.24, 2.45) is 0 Å². The van der Waals surface area contributed by atoms with E-state index < -0.39 is 23.9 Å². The van der Waals surface area contributed by atoms with Gasteiger partial charge in [-0.15, -0.1) is 0 Å². The Labute approximate surface area is 102 Å². The third kappa shape index (κ3) is 2.82. The largest absolute Gasteiger partial charge is 0.416 e. The first kappa shape index (κ1) is 13.3. The number of aliphatic hydroxyl groups is 2. The van der Waals surface area contributed by atoms with Crippen LogP contribution in [0.25, 0.3) is 0 Å². The first-order valence-corrected chi connectivity index (χ1v) is 5.63. The maximum atomic E-state index is 12.4. The molecule has 1 heterocycles. The van der Waals surface area contributed by atoms with E-state index in [1.807, 2.05) is 0 Å². The van der Waals surface area contributed by atoms with Crippen molar-refractivity contribution in [2.75, 3.05) is 6.54 Å². The lowest BCUT2D eigenvalue weighted by Gasteiger charge is -2.16. The summed E-state index contributed by atoms with van der Waals surface area (Å²) >= 11 is 0. The first-order valence-electron chi connectivity index (χ1n) is 5.63. The van der Waals surface area contributed by atoms with Gasteiger partial charge in [0.2, 0.25) is 0 Å². The van der Waals surface area contributed by atoms with Crippen molar-refractivity contribution in [3.63, 3.8) is 0 Å². The second-order valence-electron chi connectivity index (χ2n) is 4.47. The van der Waals surface area contributed by atoms with Gasteiger partial charge >= 0.3 is 6.18 Å². The van der Waals surface area contributed by atoms with Gasteiger partial charge in [0, 0.05) is 12.6 Å². The van der Waals surface area contributed by atoms with Crippen molar-refractivity contribution in [3.8, 4) is 0 Å². The number of halogens is 3. The fraction of sp³-hybridized carbons (Fsp3) is 0.500. The fourth-order valence-corrected chi connectivity index (χ4v) is 2.06. The van der Waals surface area contributed by atoms with Gasteiger partial charge in [-0.2, -0.15) is 13.2 Å². The summed E-state index contributed by atoms with van der Waals surface area (Å²) in [5.41, 5.74) is -0.000126. The van der Waals surface area contributed by atoms with E-state index in [9.17, 15) is 23.4 Å². The highest BCUT2D eigenvalue weighted by atomic mass is 19.4. The molecule has 0 spiro atoms. The summed E-state index contributed by atoms with van der Waals surface area (Å²) in [6.07, 6.45) is -5.65. The third-order valence-corrected chi connectivity index (χ3v) is 3.13.